The van der Waals surface area contributed by atoms with Crippen molar-refractivity contribution in [2.75, 3.05) is 10.6 Å². The average molecular weight is 501 g/mol. The molecule has 0 fully saturated rings. The first-order valence-electron chi connectivity index (χ1n) is 7.71. The molecule has 0 radical (unpaired) electrons. The van der Waals surface area contributed by atoms with E-state index in [1.165, 1.54) is 18.2 Å². The third kappa shape index (κ3) is 4.85. The van der Waals surface area contributed by atoms with Gasteiger partial charge in [0.05, 0.1) is 4.92 Å². The number of alkyl halides is 3. The summed E-state index contributed by atoms with van der Waals surface area (Å²) >= 11 is 2.12. The lowest BCUT2D eigenvalue weighted by molar-refractivity contribution is -0.384. The van der Waals surface area contributed by atoms with Gasteiger partial charge in [-0.1, -0.05) is 6.07 Å². The zero-order valence-electron chi connectivity index (χ0n) is 13.9. The van der Waals surface area contributed by atoms with Crippen molar-refractivity contribution in [1.29, 1.82) is 0 Å². The lowest BCUT2D eigenvalue weighted by Gasteiger charge is -2.15. The topological polar surface area (TPSA) is 93.0 Å². The zero-order valence-corrected chi connectivity index (χ0v) is 16.0. The summed E-state index contributed by atoms with van der Waals surface area (Å²) in [6.07, 6.45) is -4.05. The van der Waals surface area contributed by atoms with Gasteiger partial charge in [-0.2, -0.15) is 18.2 Å². The largest absolute Gasteiger partial charge is 0.421 e. The van der Waals surface area contributed by atoms with Gasteiger partial charge in [0.2, 0.25) is 5.95 Å². The number of nitro benzene ring substituents is 1. The number of non-ortho nitro benzene ring substituents is 1. The number of hydrogen-bond acceptors (Lipinski definition) is 6. The maximum Gasteiger partial charge on any atom is 0.421 e. The summed E-state index contributed by atoms with van der Waals surface area (Å²) in [7, 11) is 0. The number of nitro groups is 1. The highest BCUT2D eigenvalue weighted by atomic mass is 127. The van der Waals surface area contributed by atoms with E-state index in [9.17, 15) is 23.3 Å². The van der Waals surface area contributed by atoms with E-state index in [-0.39, 0.29) is 17.3 Å². The molecular formula is C17H11F3IN5O2. The normalized spacial score (nSPS) is 11.1. The van der Waals surface area contributed by atoms with Crippen molar-refractivity contribution in [2.24, 2.45) is 0 Å². The number of aromatic nitrogens is 2. The van der Waals surface area contributed by atoms with Crippen LogP contribution in [0, 0.1) is 13.7 Å². The summed E-state index contributed by atoms with van der Waals surface area (Å²) in [5.41, 5.74) is -0.655. The predicted octanol–water partition coefficient (Wildman–Crippen LogP) is 5.50. The Hall–Kier alpha value is -2.96. The van der Waals surface area contributed by atoms with Crippen LogP contribution in [-0.4, -0.2) is 14.9 Å². The Morgan fingerprint density at radius 3 is 2.39 bits per heavy atom. The van der Waals surface area contributed by atoms with Crippen molar-refractivity contribution in [1.82, 2.24) is 9.97 Å². The number of nitrogens with one attached hydrogen (secondary N) is 2. The van der Waals surface area contributed by atoms with Crippen molar-refractivity contribution >= 4 is 51.4 Å². The van der Waals surface area contributed by atoms with Gasteiger partial charge in [-0.3, -0.25) is 10.1 Å². The summed E-state index contributed by atoms with van der Waals surface area (Å²) < 4.78 is 40.9. The van der Waals surface area contributed by atoms with Crippen LogP contribution in [0.15, 0.2) is 54.7 Å². The Balaban J connectivity index is 1.95. The quantitative estimate of drug-likeness (QED) is 0.273. The number of nitrogens with zero attached hydrogens (tertiary/aromatic N) is 3. The minimum absolute atomic E-state index is 0.0536. The molecule has 0 saturated heterocycles. The molecule has 28 heavy (non-hydrogen) atoms. The third-order valence-electron chi connectivity index (χ3n) is 3.51. The van der Waals surface area contributed by atoms with Crippen molar-refractivity contribution in [2.45, 2.75) is 6.18 Å². The molecule has 7 nitrogen and oxygen atoms in total. The van der Waals surface area contributed by atoms with Crippen LogP contribution in [0.3, 0.4) is 0 Å². The number of anilines is 4. The molecule has 0 bridgehead atoms. The maximum atomic E-state index is 13.3. The highest BCUT2D eigenvalue weighted by Crippen LogP contribution is 2.35. The highest BCUT2D eigenvalue weighted by molar-refractivity contribution is 14.1. The smallest absolute Gasteiger partial charge is 0.339 e. The van der Waals surface area contributed by atoms with E-state index in [2.05, 4.69) is 43.2 Å². The molecule has 144 valence electrons. The minimum Gasteiger partial charge on any atom is -0.339 e. The second kappa shape index (κ2) is 7.96. The second-order valence-corrected chi connectivity index (χ2v) is 6.76. The first-order chi connectivity index (χ1) is 13.2. The van der Waals surface area contributed by atoms with Crippen LogP contribution in [0.2, 0.25) is 0 Å². The molecule has 0 spiro atoms. The Morgan fingerprint density at radius 1 is 1.04 bits per heavy atom. The van der Waals surface area contributed by atoms with Crippen LogP contribution in [0.1, 0.15) is 5.56 Å². The van der Waals surface area contributed by atoms with E-state index in [4.69, 9.17) is 0 Å². The molecule has 1 heterocycles. The molecule has 2 aromatic carbocycles. The van der Waals surface area contributed by atoms with Crippen LogP contribution in [0.4, 0.5) is 42.0 Å². The zero-order chi connectivity index (χ0) is 20.3. The van der Waals surface area contributed by atoms with Crippen molar-refractivity contribution in [3.05, 3.63) is 74.0 Å². The van der Waals surface area contributed by atoms with E-state index >= 15 is 0 Å². The van der Waals surface area contributed by atoms with Crippen LogP contribution in [0.25, 0.3) is 0 Å². The number of rotatable bonds is 5. The van der Waals surface area contributed by atoms with E-state index in [0.29, 0.717) is 11.9 Å². The summed E-state index contributed by atoms with van der Waals surface area (Å²) in [5, 5.41) is 16.2. The Labute approximate surface area is 170 Å². The fourth-order valence-electron chi connectivity index (χ4n) is 2.24. The van der Waals surface area contributed by atoms with E-state index in [1.807, 2.05) is 12.1 Å². The van der Waals surface area contributed by atoms with Gasteiger partial charge in [-0.15, -0.1) is 0 Å². The molecule has 1 aromatic heterocycles. The molecule has 0 unspecified atom stereocenters. The molecule has 3 rings (SSSR count). The van der Waals surface area contributed by atoms with Gasteiger partial charge >= 0.3 is 6.18 Å². The standard InChI is InChI=1S/C17H11F3IN5O2/c18-17(19,20)14-9-22-16(24-11-6-4-10(21)5-7-11)25-15(14)23-12-2-1-3-13(8-12)26(27)28/h1-9H,(H2,22,23,24,25). The van der Waals surface area contributed by atoms with E-state index in [1.54, 1.807) is 12.1 Å². The first-order valence-corrected chi connectivity index (χ1v) is 8.78. The van der Waals surface area contributed by atoms with Crippen molar-refractivity contribution < 1.29 is 18.1 Å². The Bertz CT molecular complexity index is 1010. The van der Waals surface area contributed by atoms with Crippen LogP contribution >= 0.6 is 22.6 Å². The monoisotopic (exact) mass is 501 g/mol. The summed E-state index contributed by atoms with van der Waals surface area (Å²) in [4.78, 5) is 17.9. The Morgan fingerprint density at radius 2 is 1.75 bits per heavy atom. The van der Waals surface area contributed by atoms with Gasteiger partial charge in [0, 0.05) is 33.3 Å². The molecule has 2 N–H and O–H groups in total. The van der Waals surface area contributed by atoms with Gasteiger partial charge < -0.3 is 10.6 Å². The molecule has 0 aliphatic heterocycles. The average Bonchev–Trinajstić information content (AvgIpc) is 2.63. The second-order valence-electron chi connectivity index (χ2n) is 5.52. The molecule has 0 aliphatic carbocycles. The predicted molar refractivity (Wildman–Crippen MR) is 106 cm³/mol. The van der Waals surface area contributed by atoms with E-state index < -0.39 is 22.5 Å². The minimum atomic E-state index is -4.70. The summed E-state index contributed by atoms with van der Waals surface area (Å²) in [6.45, 7) is 0. The van der Waals surface area contributed by atoms with Crippen LogP contribution in [-0.2, 0) is 6.18 Å². The van der Waals surface area contributed by atoms with Crippen molar-refractivity contribution in [3.8, 4) is 0 Å². The maximum absolute atomic E-state index is 13.3. The van der Waals surface area contributed by atoms with Gasteiger partial charge in [0.25, 0.3) is 5.69 Å². The molecule has 0 amide bonds. The SMILES string of the molecule is O=[N+]([O-])c1cccc(Nc2nc(Nc3ccc(I)cc3)ncc2C(F)(F)F)c1. The summed E-state index contributed by atoms with van der Waals surface area (Å²) in [5.74, 6) is -0.571. The molecule has 3 aromatic rings. The number of halogens is 4. The molecule has 0 saturated carbocycles. The van der Waals surface area contributed by atoms with Crippen LogP contribution in [0.5, 0.6) is 0 Å². The molecule has 11 heteroatoms. The third-order valence-corrected chi connectivity index (χ3v) is 4.23. The Kier molecular flexibility index (Phi) is 5.63. The molecule has 0 aliphatic rings. The lowest BCUT2D eigenvalue weighted by Crippen LogP contribution is -2.12. The molecule has 0 atom stereocenters. The first kappa shape index (κ1) is 19.8. The number of benzene rings is 2. The van der Waals surface area contributed by atoms with Gasteiger partial charge in [0.15, 0.2) is 0 Å². The summed E-state index contributed by atoms with van der Waals surface area (Å²) in [6, 6.07) is 12.2. The van der Waals surface area contributed by atoms with Gasteiger partial charge in [-0.05, 0) is 52.9 Å². The molecular weight excluding hydrogens is 490 g/mol. The van der Waals surface area contributed by atoms with Gasteiger partial charge in [0.1, 0.15) is 11.4 Å². The van der Waals surface area contributed by atoms with E-state index in [0.717, 1.165) is 9.64 Å². The highest BCUT2D eigenvalue weighted by Gasteiger charge is 2.35. The van der Waals surface area contributed by atoms with Crippen LogP contribution < -0.4 is 10.6 Å². The fraction of sp³-hybridized carbons (Fsp3) is 0.0588. The number of hydrogen-bond donors (Lipinski definition) is 2. The fourth-order valence-corrected chi connectivity index (χ4v) is 2.60. The van der Waals surface area contributed by atoms with Gasteiger partial charge in [-0.25, -0.2) is 4.98 Å². The van der Waals surface area contributed by atoms with Crippen molar-refractivity contribution in [3.63, 3.8) is 0 Å². The lowest BCUT2D eigenvalue weighted by atomic mass is 10.2.